The van der Waals surface area contributed by atoms with Crippen LogP contribution in [0.4, 0.5) is 0 Å². The molecular weight excluding hydrogens is 225 g/mol. The van der Waals surface area contributed by atoms with Crippen molar-refractivity contribution in [3.8, 4) is 0 Å². The van der Waals surface area contributed by atoms with Gasteiger partial charge in [0.2, 0.25) is 0 Å². The van der Waals surface area contributed by atoms with Gasteiger partial charge in [-0.2, -0.15) is 0 Å². The van der Waals surface area contributed by atoms with E-state index in [0.717, 1.165) is 0 Å². The quantitative estimate of drug-likeness (QED) is 0.692. The molecule has 0 spiro atoms. The normalized spacial score (nSPS) is 15.8. The monoisotopic (exact) mass is 243 g/mol. The van der Waals surface area contributed by atoms with Crippen LogP contribution in [-0.4, -0.2) is 16.3 Å². The van der Waals surface area contributed by atoms with Crippen molar-refractivity contribution < 1.29 is 14.4 Å². The van der Waals surface area contributed by atoms with Gasteiger partial charge in [0.1, 0.15) is 5.28 Å². The highest BCUT2D eigenvalue weighted by Crippen LogP contribution is 2.56. The van der Waals surface area contributed by atoms with Crippen LogP contribution in [0.1, 0.15) is 25.8 Å². The Morgan fingerprint density at radius 3 is 2.19 bits per heavy atom. The molecular formula is C11H18NO3P. The van der Waals surface area contributed by atoms with E-state index in [1.54, 1.807) is 31.2 Å². The average molecular weight is 243 g/mol. The summed E-state index contributed by atoms with van der Waals surface area (Å²) in [5, 5.41) is 1.68. The molecule has 1 atom stereocenters. The lowest BCUT2D eigenvalue weighted by atomic mass is 10.0. The third-order valence-electron chi connectivity index (χ3n) is 2.73. The lowest BCUT2D eigenvalue weighted by molar-refractivity contribution is 0.294. The zero-order valence-corrected chi connectivity index (χ0v) is 10.4. The van der Waals surface area contributed by atoms with Gasteiger partial charge in [-0.1, -0.05) is 44.2 Å². The van der Waals surface area contributed by atoms with Gasteiger partial charge in [0, 0.05) is 0 Å². The average Bonchev–Trinajstić information content (AvgIpc) is 2.25. The van der Waals surface area contributed by atoms with Crippen molar-refractivity contribution in [1.29, 1.82) is 0 Å². The highest BCUT2D eigenvalue weighted by atomic mass is 31.2. The highest BCUT2D eigenvalue weighted by Gasteiger charge is 2.46. The van der Waals surface area contributed by atoms with Crippen molar-refractivity contribution in [2.45, 2.75) is 25.5 Å². The number of nitrogens with one attached hydrogen (secondary N) is 1. The Kier molecular flexibility index (Phi) is 4.28. The van der Waals surface area contributed by atoms with Crippen LogP contribution in [0.3, 0.4) is 0 Å². The van der Waals surface area contributed by atoms with E-state index in [0.29, 0.717) is 18.5 Å². The Labute approximate surface area is 95.9 Å². The third-order valence-corrected chi connectivity index (χ3v) is 4.46. The number of hydrogen-bond acceptors (Lipinski definition) is 2. The van der Waals surface area contributed by atoms with Crippen molar-refractivity contribution in [2.75, 3.05) is 6.54 Å². The molecule has 0 amide bonds. The standard InChI is InChI=1S/C11H18NO3P/c1-3-11(12-4-2,16(13,14)15)10-8-6-5-7-9-10/h5-9,12H,3-4H2,1-2H3,(H2,13,14,15). The fourth-order valence-electron chi connectivity index (χ4n) is 1.91. The van der Waals surface area contributed by atoms with Crippen molar-refractivity contribution in [1.82, 2.24) is 5.32 Å². The van der Waals surface area contributed by atoms with Crippen LogP contribution >= 0.6 is 7.60 Å². The molecule has 16 heavy (non-hydrogen) atoms. The molecule has 0 bridgehead atoms. The fourth-order valence-corrected chi connectivity index (χ4v) is 3.18. The number of benzene rings is 1. The summed E-state index contributed by atoms with van der Waals surface area (Å²) >= 11 is 0. The molecule has 1 aromatic rings. The van der Waals surface area contributed by atoms with Gasteiger partial charge in [-0.25, -0.2) is 0 Å². The Hall–Kier alpha value is -0.670. The van der Waals surface area contributed by atoms with Gasteiger partial charge in [-0.05, 0) is 18.5 Å². The molecule has 0 saturated carbocycles. The first kappa shape index (κ1) is 13.4. The molecule has 0 aromatic heterocycles. The van der Waals surface area contributed by atoms with E-state index >= 15 is 0 Å². The molecule has 0 radical (unpaired) electrons. The summed E-state index contributed by atoms with van der Waals surface area (Å²) in [5.41, 5.74) is 0.632. The first-order chi connectivity index (χ1) is 7.48. The van der Waals surface area contributed by atoms with Crippen LogP contribution in [0.15, 0.2) is 30.3 Å². The van der Waals surface area contributed by atoms with E-state index in [-0.39, 0.29) is 0 Å². The summed E-state index contributed by atoms with van der Waals surface area (Å²) in [4.78, 5) is 19.1. The molecule has 0 saturated heterocycles. The van der Waals surface area contributed by atoms with E-state index in [9.17, 15) is 14.4 Å². The van der Waals surface area contributed by atoms with Gasteiger partial charge in [-0.15, -0.1) is 0 Å². The third kappa shape index (κ3) is 2.36. The maximum Gasteiger partial charge on any atom is 0.349 e. The lowest BCUT2D eigenvalue weighted by Gasteiger charge is -2.34. The molecule has 0 aliphatic rings. The molecule has 1 unspecified atom stereocenters. The van der Waals surface area contributed by atoms with Crippen molar-refractivity contribution >= 4 is 7.60 Å². The molecule has 0 aliphatic carbocycles. The molecule has 1 rings (SSSR count). The molecule has 0 heterocycles. The minimum atomic E-state index is -4.26. The Bertz CT molecular complexity index is 376. The van der Waals surface area contributed by atoms with Crippen LogP contribution in [0.25, 0.3) is 0 Å². The van der Waals surface area contributed by atoms with E-state index in [2.05, 4.69) is 5.32 Å². The summed E-state index contributed by atoms with van der Waals surface area (Å²) in [7, 11) is -4.26. The van der Waals surface area contributed by atoms with Crippen molar-refractivity contribution in [2.24, 2.45) is 0 Å². The maximum atomic E-state index is 11.7. The van der Waals surface area contributed by atoms with Crippen LogP contribution in [0.2, 0.25) is 0 Å². The van der Waals surface area contributed by atoms with Gasteiger partial charge in [0.05, 0.1) is 0 Å². The second-order valence-corrected chi connectivity index (χ2v) is 5.51. The van der Waals surface area contributed by atoms with Crippen LogP contribution in [-0.2, 0) is 9.85 Å². The first-order valence-corrected chi connectivity index (χ1v) is 6.95. The highest BCUT2D eigenvalue weighted by molar-refractivity contribution is 7.53. The maximum absolute atomic E-state index is 11.7. The fraction of sp³-hybridized carbons (Fsp3) is 0.455. The molecule has 0 aliphatic heterocycles. The van der Waals surface area contributed by atoms with E-state index in [1.165, 1.54) is 0 Å². The molecule has 90 valence electrons. The largest absolute Gasteiger partial charge is 0.349 e. The SMILES string of the molecule is CCNC(CC)(c1ccccc1)P(=O)(O)O. The van der Waals surface area contributed by atoms with Crippen LogP contribution < -0.4 is 5.32 Å². The van der Waals surface area contributed by atoms with Gasteiger partial charge >= 0.3 is 7.60 Å². The molecule has 0 fully saturated rings. The summed E-state index contributed by atoms with van der Waals surface area (Å²) in [6.07, 6.45) is 0.342. The zero-order valence-electron chi connectivity index (χ0n) is 9.55. The second-order valence-electron chi connectivity index (χ2n) is 3.65. The van der Waals surface area contributed by atoms with E-state index in [4.69, 9.17) is 0 Å². The van der Waals surface area contributed by atoms with E-state index in [1.807, 2.05) is 13.0 Å². The molecule has 3 N–H and O–H groups in total. The van der Waals surface area contributed by atoms with Gasteiger partial charge in [0.25, 0.3) is 0 Å². The Balaban J connectivity index is 3.29. The topological polar surface area (TPSA) is 69.6 Å². The predicted molar refractivity (Wildman–Crippen MR) is 64.1 cm³/mol. The van der Waals surface area contributed by atoms with Gasteiger partial charge < -0.3 is 9.79 Å². The lowest BCUT2D eigenvalue weighted by Crippen LogP contribution is -2.41. The van der Waals surface area contributed by atoms with Crippen LogP contribution in [0, 0.1) is 0 Å². The Morgan fingerprint density at radius 2 is 1.81 bits per heavy atom. The van der Waals surface area contributed by atoms with Crippen molar-refractivity contribution in [3.63, 3.8) is 0 Å². The number of rotatable bonds is 5. The number of hydrogen-bond donors (Lipinski definition) is 3. The molecule has 1 aromatic carbocycles. The Morgan fingerprint density at radius 1 is 1.25 bits per heavy atom. The van der Waals surface area contributed by atoms with E-state index < -0.39 is 12.9 Å². The predicted octanol–water partition coefficient (Wildman–Crippen LogP) is 2.04. The zero-order chi connectivity index (χ0) is 12.2. The minimum Gasteiger partial charge on any atom is -0.323 e. The van der Waals surface area contributed by atoms with Gasteiger partial charge in [0.15, 0.2) is 0 Å². The smallest absolute Gasteiger partial charge is 0.323 e. The molecule has 4 nitrogen and oxygen atoms in total. The summed E-state index contributed by atoms with van der Waals surface area (Å²) in [6.45, 7) is 4.12. The summed E-state index contributed by atoms with van der Waals surface area (Å²) in [5.74, 6) is 0. The summed E-state index contributed by atoms with van der Waals surface area (Å²) < 4.78 is 11.7. The minimum absolute atomic E-state index is 0.342. The second kappa shape index (κ2) is 5.11. The first-order valence-electron chi connectivity index (χ1n) is 5.34. The summed E-state index contributed by atoms with van der Waals surface area (Å²) in [6, 6.07) is 8.88. The van der Waals surface area contributed by atoms with Crippen molar-refractivity contribution in [3.05, 3.63) is 35.9 Å². The van der Waals surface area contributed by atoms with Gasteiger partial charge in [-0.3, -0.25) is 9.88 Å². The van der Waals surface area contributed by atoms with Crippen LogP contribution in [0.5, 0.6) is 0 Å². The molecule has 5 heteroatoms.